The van der Waals surface area contributed by atoms with Gasteiger partial charge in [-0.1, -0.05) is 6.07 Å². The summed E-state index contributed by atoms with van der Waals surface area (Å²) in [7, 11) is 0. The van der Waals surface area contributed by atoms with Crippen LogP contribution in [-0.2, 0) is 4.74 Å². The number of hydrogen-bond acceptors (Lipinski definition) is 4. The highest BCUT2D eigenvalue weighted by atomic mass is 16.5. The molecule has 0 aliphatic carbocycles. The van der Waals surface area contributed by atoms with E-state index in [4.69, 9.17) is 15.6 Å². The van der Waals surface area contributed by atoms with E-state index in [0.717, 1.165) is 16.9 Å². The summed E-state index contributed by atoms with van der Waals surface area (Å²) in [6.45, 7) is 3.70. The van der Waals surface area contributed by atoms with Gasteiger partial charge in [0.25, 0.3) is 0 Å². The van der Waals surface area contributed by atoms with Crippen molar-refractivity contribution in [1.82, 2.24) is 0 Å². The molecule has 0 radical (unpaired) electrons. The van der Waals surface area contributed by atoms with Gasteiger partial charge in [0, 0.05) is 6.54 Å². The van der Waals surface area contributed by atoms with Crippen molar-refractivity contribution in [1.29, 1.82) is 0 Å². The van der Waals surface area contributed by atoms with Crippen LogP contribution in [0.2, 0.25) is 0 Å². The lowest BCUT2D eigenvalue weighted by Crippen LogP contribution is -2.12. The SMILES string of the molecule is Cc1ccc(NCCOCCO)c(N)c1. The minimum atomic E-state index is 0.0622. The number of ether oxygens (including phenoxy) is 1. The summed E-state index contributed by atoms with van der Waals surface area (Å²) in [5.41, 5.74) is 8.64. The topological polar surface area (TPSA) is 67.5 Å². The number of aliphatic hydroxyl groups excluding tert-OH is 1. The fraction of sp³-hybridized carbons (Fsp3) is 0.455. The van der Waals surface area contributed by atoms with E-state index < -0.39 is 0 Å². The third-order valence-corrected chi connectivity index (χ3v) is 2.00. The van der Waals surface area contributed by atoms with Crippen LogP contribution in [0.4, 0.5) is 11.4 Å². The van der Waals surface area contributed by atoms with Crippen molar-refractivity contribution in [2.45, 2.75) is 6.92 Å². The smallest absolute Gasteiger partial charge is 0.0698 e. The summed E-state index contributed by atoms with van der Waals surface area (Å²) in [5, 5.41) is 11.7. The van der Waals surface area contributed by atoms with Crippen LogP contribution in [-0.4, -0.2) is 31.5 Å². The first kappa shape index (κ1) is 11.8. The molecule has 15 heavy (non-hydrogen) atoms. The summed E-state index contributed by atoms with van der Waals surface area (Å²) < 4.78 is 5.11. The molecule has 0 atom stereocenters. The molecule has 4 heteroatoms. The van der Waals surface area contributed by atoms with Gasteiger partial charge >= 0.3 is 0 Å². The summed E-state index contributed by atoms with van der Waals surface area (Å²) in [6.07, 6.45) is 0. The van der Waals surface area contributed by atoms with Gasteiger partial charge in [0.1, 0.15) is 0 Å². The lowest BCUT2D eigenvalue weighted by molar-refractivity contribution is 0.0992. The normalized spacial score (nSPS) is 10.3. The molecule has 1 aromatic carbocycles. The highest BCUT2D eigenvalue weighted by Crippen LogP contribution is 2.18. The fourth-order valence-corrected chi connectivity index (χ4v) is 1.27. The molecule has 84 valence electrons. The number of nitrogens with two attached hydrogens (primary N) is 1. The molecule has 0 aromatic heterocycles. The Balaban J connectivity index is 2.31. The van der Waals surface area contributed by atoms with Crippen LogP contribution >= 0.6 is 0 Å². The first-order chi connectivity index (χ1) is 7.24. The Hall–Kier alpha value is -1.26. The Labute approximate surface area is 90.1 Å². The average molecular weight is 210 g/mol. The van der Waals surface area contributed by atoms with E-state index in [2.05, 4.69) is 5.32 Å². The quantitative estimate of drug-likeness (QED) is 0.484. The standard InChI is InChI=1S/C11H18N2O2/c1-9-2-3-11(10(12)8-9)13-4-6-15-7-5-14/h2-3,8,13-14H,4-7,12H2,1H3. The van der Waals surface area contributed by atoms with Crippen LogP contribution in [0.5, 0.6) is 0 Å². The molecule has 4 N–H and O–H groups in total. The first-order valence-electron chi connectivity index (χ1n) is 5.02. The number of benzene rings is 1. The Morgan fingerprint density at radius 2 is 2.20 bits per heavy atom. The average Bonchev–Trinajstić information content (AvgIpc) is 2.20. The molecular weight excluding hydrogens is 192 g/mol. The molecule has 0 fully saturated rings. The van der Waals surface area contributed by atoms with Crippen molar-refractivity contribution >= 4 is 11.4 Å². The number of nitrogens with one attached hydrogen (secondary N) is 1. The number of rotatable bonds is 6. The second-order valence-corrected chi connectivity index (χ2v) is 3.35. The highest BCUT2D eigenvalue weighted by molar-refractivity contribution is 5.66. The summed E-state index contributed by atoms with van der Waals surface area (Å²) in [6, 6.07) is 5.89. The van der Waals surface area contributed by atoms with Gasteiger partial charge < -0.3 is 20.9 Å². The van der Waals surface area contributed by atoms with Gasteiger partial charge in [0.15, 0.2) is 0 Å². The lowest BCUT2D eigenvalue weighted by atomic mass is 10.2. The molecule has 0 spiro atoms. The molecule has 0 saturated heterocycles. The summed E-state index contributed by atoms with van der Waals surface area (Å²) in [4.78, 5) is 0. The molecule has 1 rings (SSSR count). The zero-order valence-electron chi connectivity index (χ0n) is 8.99. The molecule has 0 aliphatic rings. The molecule has 0 saturated carbocycles. The van der Waals surface area contributed by atoms with Gasteiger partial charge in [-0.05, 0) is 24.6 Å². The minimum absolute atomic E-state index is 0.0622. The Kier molecular flexibility index (Phi) is 4.93. The van der Waals surface area contributed by atoms with Crippen molar-refractivity contribution < 1.29 is 9.84 Å². The number of hydrogen-bond donors (Lipinski definition) is 3. The largest absolute Gasteiger partial charge is 0.397 e. The number of aliphatic hydroxyl groups is 1. The van der Waals surface area contributed by atoms with Crippen LogP contribution in [0.15, 0.2) is 18.2 Å². The number of aryl methyl sites for hydroxylation is 1. The van der Waals surface area contributed by atoms with E-state index in [-0.39, 0.29) is 6.61 Å². The maximum Gasteiger partial charge on any atom is 0.0698 e. The third-order valence-electron chi connectivity index (χ3n) is 2.00. The van der Waals surface area contributed by atoms with Crippen LogP contribution in [0.25, 0.3) is 0 Å². The van der Waals surface area contributed by atoms with Crippen molar-refractivity contribution in [3.63, 3.8) is 0 Å². The van der Waals surface area contributed by atoms with Gasteiger partial charge in [-0.3, -0.25) is 0 Å². The van der Waals surface area contributed by atoms with Crippen LogP contribution < -0.4 is 11.1 Å². The zero-order chi connectivity index (χ0) is 11.1. The minimum Gasteiger partial charge on any atom is -0.397 e. The fourth-order valence-electron chi connectivity index (χ4n) is 1.27. The number of nitrogen functional groups attached to an aromatic ring is 1. The first-order valence-corrected chi connectivity index (χ1v) is 5.02. The van der Waals surface area contributed by atoms with E-state index >= 15 is 0 Å². The van der Waals surface area contributed by atoms with Crippen molar-refractivity contribution in [2.75, 3.05) is 37.4 Å². The Morgan fingerprint density at radius 3 is 2.87 bits per heavy atom. The van der Waals surface area contributed by atoms with E-state index in [1.807, 2.05) is 25.1 Å². The van der Waals surface area contributed by atoms with Crippen molar-refractivity contribution in [2.24, 2.45) is 0 Å². The van der Waals surface area contributed by atoms with Gasteiger partial charge in [-0.2, -0.15) is 0 Å². The van der Waals surface area contributed by atoms with Crippen molar-refractivity contribution in [3.8, 4) is 0 Å². The van der Waals surface area contributed by atoms with Gasteiger partial charge in [-0.15, -0.1) is 0 Å². The van der Waals surface area contributed by atoms with Gasteiger partial charge in [0.2, 0.25) is 0 Å². The molecule has 0 bridgehead atoms. The summed E-state index contributed by atoms with van der Waals surface area (Å²) >= 11 is 0. The van der Waals surface area contributed by atoms with E-state index in [1.165, 1.54) is 0 Å². The Bertz CT molecular complexity index is 303. The Morgan fingerprint density at radius 1 is 1.40 bits per heavy atom. The second-order valence-electron chi connectivity index (χ2n) is 3.35. The van der Waals surface area contributed by atoms with Gasteiger partial charge in [0.05, 0.1) is 31.2 Å². The maximum absolute atomic E-state index is 8.49. The summed E-state index contributed by atoms with van der Waals surface area (Å²) in [5.74, 6) is 0. The van der Waals surface area contributed by atoms with Crippen LogP contribution in [0.1, 0.15) is 5.56 Å². The predicted molar refractivity (Wildman–Crippen MR) is 62.0 cm³/mol. The monoisotopic (exact) mass is 210 g/mol. The van der Waals surface area contributed by atoms with Gasteiger partial charge in [-0.25, -0.2) is 0 Å². The molecule has 0 aliphatic heterocycles. The maximum atomic E-state index is 8.49. The molecular formula is C11H18N2O2. The lowest BCUT2D eigenvalue weighted by Gasteiger charge is -2.09. The zero-order valence-corrected chi connectivity index (χ0v) is 8.99. The number of anilines is 2. The molecule has 0 amide bonds. The van der Waals surface area contributed by atoms with Crippen molar-refractivity contribution in [3.05, 3.63) is 23.8 Å². The highest BCUT2D eigenvalue weighted by Gasteiger charge is 1.97. The van der Waals surface area contributed by atoms with E-state index in [0.29, 0.717) is 19.8 Å². The second kappa shape index (κ2) is 6.27. The van der Waals surface area contributed by atoms with E-state index in [9.17, 15) is 0 Å². The molecule has 4 nitrogen and oxygen atoms in total. The van der Waals surface area contributed by atoms with Crippen LogP contribution in [0.3, 0.4) is 0 Å². The van der Waals surface area contributed by atoms with E-state index in [1.54, 1.807) is 0 Å². The molecule has 1 aromatic rings. The predicted octanol–water partition coefficient (Wildman–Crippen LogP) is 0.998. The molecule has 0 unspecified atom stereocenters. The third kappa shape index (κ3) is 4.18. The molecule has 0 heterocycles. The van der Waals surface area contributed by atoms with Crippen LogP contribution in [0, 0.1) is 6.92 Å².